The minimum absolute atomic E-state index is 0.0992. The molecule has 114 valence electrons. The summed E-state index contributed by atoms with van der Waals surface area (Å²) in [6.45, 7) is 3.98. The lowest BCUT2D eigenvalue weighted by molar-refractivity contribution is -0.387. The van der Waals surface area contributed by atoms with Gasteiger partial charge in [0.05, 0.1) is 17.1 Å². The van der Waals surface area contributed by atoms with E-state index in [1.54, 1.807) is 6.07 Å². The highest BCUT2D eigenvalue weighted by atomic mass is 79.9. The average Bonchev–Trinajstić information content (AvgIpc) is 2.38. The Morgan fingerprint density at radius 3 is 2.62 bits per heavy atom. The number of halogens is 1. The number of hydrogen-bond acceptors (Lipinski definition) is 6. The third kappa shape index (κ3) is 4.44. The van der Waals surface area contributed by atoms with Crippen molar-refractivity contribution in [3.8, 4) is 0 Å². The molecule has 0 saturated carbocycles. The maximum Gasteiger partial charge on any atom is 0.373 e. The minimum atomic E-state index is -0.629. The molecule has 0 bridgehead atoms. The number of likely N-dealkylation sites (N-methyl/N-ethyl adjacent to an activating group) is 1. The fraction of sp³-hybridized carbons (Fsp3) is 0.462. The van der Waals surface area contributed by atoms with Crippen molar-refractivity contribution in [1.82, 2.24) is 4.90 Å². The van der Waals surface area contributed by atoms with Crippen molar-refractivity contribution in [2.75, 3.05) is 26.7 Å². The van der Waals surface area contributed by atoms with Crippen LogP contribution in [0.4, 0.5) is 5.69 Å². The van der Waals surface area contributed by atoms with E-state index in [1.165, 1.54) is 6.07 Å². The molecule has 1 saturated heterocycles. The Balaban J connectivity index is 0.000000677. The Hall–Kier alpha value is -1.60. The molecule has 1 aromatic rings. The van der Waals surface area contributed by atoms with Crippen LogP contribution in [-0.4, -0.2) is 42.7 Å². The first kappa shape index (κ1) is 17.5. The Morgan fingerprint density at radius 1 is 1.48 bits per heavy atom. The fourth-order valence-corrected chi connectivity index (χ4v) is 2.68. The van der Waals surface area contributed by atoms with Crippen molar-refractivity contribution in [1.29, 1.82) is 0 Å². The van der Waals surface area contributed by atoms with Gasteiger partial charge in [0.1, 0.15) is 5.60 Å². The molecule has 0 radical (unpaired) electrons. The Kier molecular flexibility index (Phi) is 6.17. The van der Waals surface area contributed by atoms with Gasteiger partial charge in [-0.05, 0) is 26.1 Å². The molecule has 8 heteroatoms. The molecule has 1 fully saturated rings. The molecule has 1 aliphatic heterocycles. The summed E-state index contributed by atoms with van der Waals surface area (Å²) in [5.74, 6) is 0. The van der Waals surface area contributed by atoms with Gasteiger partial charge in [0, 0.05) is 23.6 Å². The predicted octanol–water partition coefficient (Wildman–Crippen LogP) is 1.95. The van der Waals surface area contributed by atoms with E-state index in [0.717, 1.165) is 6.54 Å². The topological polar surface area (TPSA) is 89.8 Å². The average molecular weight is 359 g/mol. The van der Waals surface area contributed by atoms with Crippen LogP contribution in [-0.2, 0) is 19.9 Å². The van der Waals surface area contributed by atoms with Crippen molar-refractivity contribution < 1.29 is 19.2 Å². The number of rotatable bonds is 2. The molecule has 0 spiro atoms. The number of morpholine rings is 1. The maximum absolute atomic E-state index is 11.2. The zero-order valence-electron chi connectivity index (χ0n) is 11.7. The van der Waals surface area contributed by atoms with E-state index in [4.69, 9.17) is 14.3 Å². The van der Waals surface area contributed by atoms with E-state index in [-0.39, 0.29) is 16.8 Å². The zero-order valence-corrected chi connectivity index (χ0v) is 13.3. The molecule has 0 amide bonds. The van der Waals surface area contributed by atoms with Gasteiger partial charge in [0.15, 0.2) is 0 Å². The van der Waals surface area contributed by atoms with Gasteiger partial charge in [0.2, 0.25) is 0 Å². The summed E-state index contributed by atoms with van der Waals surface area (Å²) >= 11 is 3.26. The van der Waals surface area contributed by atoms with Crippen LogP contribution in [0.15, 0.2) is 22.7 Å². The quantitative estimate of drug-likeness (QED) is 0.592. The monoisotopic (exact) mass is 358 g/mol. The molecule has 7 nitrogen and oxygen atoms in total. The number of carbonyl (C=O) groups excluding carboxylic acids is 2. The molecular weight excluding hydrogens is 344 g/mol. The lowest BCUT2D eigenvalue weighted by atomic mass is 9.92. The standard InChI is InChI=1S/C12H15BrN2O3.CO2/c1-12(8-14(2)5-6-18-12)10-4-3-9(13)7-11(10)15(16)17;2-1-3/h3-4,7H,5-6,8H2,1-2H3;. The lowest BCUT2D eigenvalue weighted by Crippen LogP contribution is -2.46. The predicted molar refractivity (Wildman–Crippen MR) is 76.6 cm³/mol. The molecule has 1 atom stereocenters. The van der Waals surface area contributed by atoms with Gasteiger partial charge in [0.25, 0.3) is 5.69 Å². The number of nitrogens with zero attached hydrogens (tertiary/aromatic N) is 2. The van der Waals surface area contributed by atoms with E-state index in [1.807, 2.05) is 20.0 Å². The van der Waals surface area contributed by atoms with E-state index >= 15 is 0 Å². The van der Waals surface area contributed by atoms with Crippen LogP contribution in [0.3, 0.4) is 0 Å². The second kappa shape index (κ2) is 7.42. The van der Waals surface area contributed by atoms with Crippen LogP contribution in [0.5, 0.6) is 0 Å². The highest BCUT2D eigenvalue weighted by Gasteiger charge is 2.37. The van der Waals surface area contributed by atoms with Crippen molar-refractivity contribution in [3.05, 3.63) is 38.3 Å². The van der Waals surface area contributed by atoms with E-state index in [2.05, 4.69) is 20.8 Å². The van der Waals surface area contributed by atoms with E-state index in [9.17, 15) is 10.1 Å². The number of hydrogen-bond donors (Lipinski definition) is 0. The molecule has 21 heavy (non-hydrogen) atoms. The van der Waals surface area contributed by atoms with Crippen LogP contribution in [0, 0.1) is 10.1 Å². The van der Waals surface area contributed by atoms with Crippen LogP contribution < -0.4 is 0 Å². The first-order valence-electron chi connectivity index (χ1n) is 6.10. The molecule has 1 aliphatic rings. The maximum atomic E-state index is 11.2. The second-order valence-electron chi connectivity index (χ2n) is 4.82. The van der Waals surface area contributed by atoms with Crippen LogP contribution in [0.25, 0.3) is 0 Å². The summed E-state index contributed by atoms with van der Waals surface area (Å²) < 4.78 is 6.49. The van der Waals surface area contributed by atoms with Crippen molar-refractivity contribution >= 4 is 27.8 Å². The summed E-state index contributed by atoms with van der Waals surface area (Å²) in [7, 11) is 1.99. The first-order chi connectivity index (χ1) is 9.84. The smallest absolute Gasteiger partial charge is 0.368 e. The largest absolute Gasteiger partial charge is 0.373 e. The summed E-state index contributed by atoms with van der Waals surface area (Å²) in [6, 6.07) is 5.10. The first-order valence-corrected chi connectivity index (χ1v) is 6.89. The second-order valence-corrected chi connectivity index (χ2v) is 5.73. The van der Waals surface area contributed by atoms with Gasteiger partial charge >= 0.3 is 6.15 Å². The third-order valence-corrected chi connectivity index (χ3v) is 3.68. The molecule has 0 aliphatic carbocycles. The highest BCUT2D eigenvalue weighted by molar-refractivity contribution is 9.10. The fourth-order valence-electron chi connectivity index (χ4n) is 2.33. The summed E-state index contributed by atoms with van der Waals surface area (Å²) in [5, 5.41) is 11.2. The lowest BCUT2D eigenvalue weighted by Gasteiger charge is -2.38. The molecular formula is C13H15BrN2O5. The van der Waals surface area contributed by atoms with Crippen molar-refractivity contribution in [3.63, 3.8) is 0 Å². The van der Waals surface area contributed by atoms with Gasteiger partial charge in [-0.3, -0.25) is 10.1 Å². The molecule has 1 heterocycles. The molecule has 1 aromatic carbocycles. The number of benzene rings is 1. The number of nitro benzene ring substituents is 1. The SMILES string of the molecule is CN1CCOC(C)(c2ccc(Br)cc2[N+](=O)[O-])C1.O=C=O. The number of ether oxygens (including phenoxy) is 1. The van der Waals surface area contributed by atoms with Gasteiger partial charge in [-0.25, -0.2) is 0 Å². The van der Waals surface area contributed by atoms with E-state index < -0.39 is 5.60 Å². The Labute approximate surface area is 130 Å². The van der Waals surface area contributed by atoms with Crippen LogP contribution in [0.2, 0.25) is 0 Å². The summed E-state index contributed by atoms with van der Waals surface area (Å²) in [6.07, 6.45) is 0.250. The number of nitro groups is 1. The summed E-state index contributed by atoms with van der Waals surface area (Å²) in [5.41, 5.74) is 0.0975. The van der Waals surface area contributed by atoms with Gasteiger partial charge in [-0.2, -0.15) is 9.59 Å². The zero-order chi connectivity index (χ0) is 16.0. The molecule has 0 aromatic heterocycles. The molecule has 1 unspecified atom stereocenters. The normalized spacial score (nSPS) is 21.9. The van der Waals surface area contributed by atoms with E-state index in [0.29, 0.717) is 23.2 Å². The van der Waals surface area contributed by atoms with Gasteiger partial charge in [-0.1, -0.05) is 15.9 Å². The van der Waals surface area contributed by atoms with Crippen LogP contribution >= 0.6 is 15.9 Å². The minimum Gasteiger partial charge on any atom is -0.368 e. The van der Waals surface area contributed by atoms with Gasteiger partial charge < -0.3 is 9.64 Å². The summed E-state index contributed by atoms with van der Waals surface area (Å²) in [4.78, 5) is 29.2. The van der Waals surface area contributed by atoms with Crippen molar-refractivity contribution in [2.24, 2.45) is 0 Å². The Morgan fingerprint density at radius 2 is 2.10 bits per heavy atom. The third-order valence-electron chi connectivity index (χ3n) is 3.19. The van der Waals surface area contributed by atoms with Crippen LogP contribution in [0.1, 0.15) is 12.5 Å². The molecule has 0 N–H and O–H groups in total. The Bertz CT molecular complexity index is 559. The van der Waals surface area contributed by atoms with Crippen molar-refractivity contribution in [2.45, 2.75) is 12.5 Å². The highest BCUT2D eigenvalue weighted by Crippen LogP contribution is 2.36. The van der Waals surface area contributed by atoms with Gasteiger partial charge in [-0.15, -0.1) is 0 Å². The molecule has 2 rings (SSSR count).